The summed E-state index contributed by atoms with van der Waals surface area (Å²) in [5, 5.41) is 2.29. The van der Waals surface area contributed by atoms with Crippen LogP contribution in [0.4, 0.5) is 13.2 Å². The Labute approximate surface area is 94.2 Å². The monoisotopic (exact) mass is 252 g/mol. The molecule has 1 aromatic rings. The molecule has 3 nitrogen and oxygen atoms in total. The predicted molar refractivity (Wildman–Crippen MR) is 50.7 cm³/mol. The molecule has 1 aromatic carbocycles. The van der Waals surface area contributed by atoms with Crippen molar-refractivity contribution in [2.45, 2.75) is 12.9 Å². The van der Waals surface area contributed by atoms with Gasteiger partial charge in [-0.1, -0.05) is 17.7 Å². The van der Waals surface area contributed by atoms with E-state index < -0.39 is 12.1 Å². The van der Waals surface area contributed by atoms with Crippen LogP contribution in [0.15, 0.2) is 18.2 Å². The van der Waals surface area contributed by atoms with Crippen LogP contribution in [0.3, 0.4) is 0 Å². The Bertz CT molecular complexity index is 382. The molecule has 0 saturated heterocycles. The van der Waals surface area contributed by atoms with Gasteiger partial charge < -0.3 is 10.1 Å². The average Bonchev–Trinajstić information content (AvgIpc) is 2.14. The second kappa shape index (κ2) is 5.07. The maximum absolute atomic E-state index is 11.8. The minimum absolute atomic E-state index is 0.0736. The zero-order valence-corrected chi connectivity index (χ0v) is 8.52. The molecule has 0 fully saturated rings. The molecule has 0 aliphatic heterocycles. The third-order valence-electron chi connectivity index (χ3n) is 1.61. The fraction of sp³-hybridized carbons (Fsp3) is 0.222. The zero-order chi connectivity index (χ0) is 12.2. The summed E-state index contributed by atoms with van der Waals surface area (Å²) in [6, 6.07) is 3.46. The summed E-state index contributed by atoms with van der Waals surface area (Å²) in [7, 11) is 0. The summed E-state index contributed by atoms with van der Waals surface area (Å²) in [5.41, 5.74) is 0.472. The molecule has 0 atom stereocenters. The van der Waals surface area contributed by atoms with Gasteiger partial charge in [0.2, 0.25) is 0 Å². The van der Waals surface area contributed by atoms with Gasteiger partial charge in [-0.2, -0.15) is 0 Å². The first-order chi connectivity index (χ1) is 7.42. The lowest BCUT2D eigenvalue weighted by Gasteiger charge is -2.10. The van der Waals surface area contributed by atoms with Crippen molar-refractivity contribution in [1.29, 1.82) is 0 Å². The van der Waals surface area contributed by atoms with Crippen molar-refractivity contribution in [1.82, 2.24) is 5.32 Å². The maximum Gasteiger partial charge on any atom is 0.573 e. The van der Waals surface area contributed by atoms with Gasteiger partial charge in [-0.25, -0.2) is 0 Å². The number of nitrogens with one attached hydrogen (secondary N) is 1. The molecule has 0 bridgehead atoms. The molecule has 0 heterocycles. The molecule has 1 rings (SSSR count). The van der Waals surface area contributed by atoms with Crippen LogP contribution in [0.5, 0.6) is 5.75 Å². The number of ether oxygens (including phenoxy) is 1. The Morgan fingerprint density at radius 1 is 1.44 bits per heavy atom. The molecule has 7 heteroatoms. The van der Waals surface area contributed by atoms with Crippen LogP contribution >= 0.6 is 11.6 Å². The van der Waals surface area contributed by atoms with E-state index in [0.29, 0.717) is 5.56 Å². The molecule has 0 spiro atoms. The Balaban J connectivity index is 2.78. The van der Waals surface area contributed by atoms with Gasteiger partial charge in [-0.3, -0.25) is 4.79 Å². The topological polar surface area (TPSA) is 38.3 Å². The number of hydrogen-bond donors (Lipinski definition) is 1. The van der Waals surface area contributed by atoms with E-state index in [1.54, 1.807) is 0 Å². The molecule has 1 radical (unpaired) electrons. The van der Waals surface area contributed by atoms with Gasteiger partial charge >= 0.3 is 12.8 Å². The number of hydrogen-bond acceptors (Lipinski definition) is 2. The molecule has 16 heavy (non-hydrogen) atoms. The van der Waals surface area contributed by atoms with Crippen molar-refractivity contribution in [3.8, 4) is 5.75 Å². The fourth-order valence-corrected chi connectivity index (χ4v) is 1.24. The van der Waals surface area contributed by atoms with Crippen molar-refractivity contribution in [2.75, 3.05) is 0 Å². The van der Waals surface area contributed by atoms with E-state index in [1.165, 1.54) is 12.5 Å². The standard InChI is InChI=1S/C9H6ClF3NO2/c10-8-3-7(16-9(11,12)13)2-1-6(8)4-14-5-15/h1-3H,4H2,(H,14,15). The highest BCUT2D eigenvalue weighted by Gasteiger charge is 2.31. The summed E-state index contributed by atoms with van der Waals surface area (Å²) in [4.78, 5) is 9.89. The van der Waals surface area contributed by atoms with E-state index in [4.69, 9.17) is 11.6 Å². The highest BCUT2D eigenvalue weighted by molar-refractivity contribution is 6.31. The molecular formula is C9H6ClF3NO2. The van der Waals surface area contributed by atoms with Crippen molar-refractivity contribution in [3.05, 3.63) is 28.8 Å². The molecule has 0 unspecified atom stereocenters. The normalized spacial score (nSPS) is 11.0. The van der Waals surface area contributed by atoms with E-state index in [1.807, 2.05) is 0 Å². The molecule has 0 aliphatic carbocycles. The summed E-state index contributed by atoms with van der Waals surface area (Å²) in [6.07, 6.45) is -3.32. The first-order valence-electron chi connectivity index (χ1n) is 4.06. The van der Waals surface area contributed by atoms with Gasteiger partial charge in [-0.05, 0) is 17.7 Å². The maximum atomic E-state index is 11.8. The molecule has 0 aromatic heterocycles. The van der Waals surface area contributed by atoms with Gasteiger partial charge in [0.25, 0.3) is 0 Å². The summed E-state index contributed by atoms with van der Waals surface area (Å²) in [5.74, 6) is -0.406. The van der Waals surface area contributed by atoms with Gasteiger partial charge in [0, 0.05) is 11.6 Å². The van der Waals surface area contributed by atoms with Crippen LogP contribution < -0.4 is 10.1 Å². The van der Waals surface area contributed by atoms with Gasteiger partial charge in [0.1, 0.15) is 5.75 Å². The molecule has 87 valence electrons. The minimum atomic E-state index is -4.75. The zero-order valence-electron chi connectivity index (χ0n) is 7.77. The van der Waals surface area contributed by atoms with E-state index in [-0.39, 0.29) is 11.6 Å². The van der Waals surface area contributed by atoms with Crippen LogP contribution in [0, 0.1) is 0 Å². The van der Waals surface area contributed by atoms with E-state index in [0.717, 1.165) is 12.1 Å². The highest BCUT2D eigenvalue weighted by atomic mass is 35.5. The lowest BCUT2D eigenvalue weighted by atomic mass is 10.2. The largest absolute Gasteiger partial charge is 0.573 e. The van der Waals surface area contributed by atoms with Crippen molar-refractivity contribution < 1.29 is 22.7 Å². The van der Waals surface area contributed by atoms with E-state index >= 15 is 0 Å². The Kier molecular flexibility index (Phi) is 4.00. The number of amides is 1. The Morgan fingerprint density at radius 2 is 2.12 bits per heavy atom. The lowest BCUT2D eigenvalue weighted by Crippen LogP contribution is -2.17. The van der Waals surface area contributed by atoms with Gasteiger partial charge in [0.15, 0.2) is 0 Å². The first-order valence-corrected chi connectivity index (χ1v) is 4.44. The molecule has 0 saturated carbocycles. The van der Waals surface area contributed by atoms with E-state index in [9.17, 15) is 18.0 Å². The molecule has 1 N–H and O–H groups in total. The van der Waals surface area contributed by atoms with Crippen LogP contribution in [0.1, 0.15) is 5.56 Å². The van der Waals surface area contributed by atoms with Crippen LogP contribution in [-0.4, -0.2) is 12.8 Å². The van der Waals surface area contributed by atoms with E-state index in [2.05, 4.69) is 10.1 Å². The predicted octanol–water partition coefficient (Wildman–Crippen LogP) is 2.40. The SMILES string of the molecule is O=[C]NCc1ccc(OC(F)(F)F)cc1Cl. The number of alkyl halides is 3. The number of carbonyl (C=O) groups excluding carboxylic acids is 1. The fourth-order valence-electron chi connectivity index (χ4n) is 1.000. The number of rotatable bonds is 4. The van der Waals surface area contributed by atoms with Gasteiger partial charge in [0.05, 0.1) is 0 Å². The molecular weight excluding hydrogens is 247 g/mol. The minimum Gasteiger partial charge on any atom is -0.406 e. The smallest absolute Gasteiger partial charge is 0.406 e. The Hall–Kier alpha value is -1.43. The van der Waals surface area contributed by atoms with Crippen LogP contribution in [-0.2, 0) is 11.3 Å². The third-order valence-corrected chi connectivity index (χ3v) is 1.96. The first kappa shape index (κ1) is 12.6. The quantitative estimate of drug-likeness (QED) is 0.836. The number of benzene rings is 1. The van der Waals surface area contributed by atoms with Gasteiger partial charge in [-0.15, -0.1) is 13.2 Å². The van der Waals surface area contributed by atoms with Crippen molar-refractivity contribution in [3.63, 3.8) is 0 Å². The Morgan fingerprint density at radius 3 is 2.62 bits per heavy atom. The average molecular weight is 253 g/mol. The summed E-state index contributed by atoms with van der Waals surface area (Å²) >= 11 is 5.68. The summed E-state index contributed by atoms with van der Waals surface area (Å²) in [6.45, 7) is 0.0919. The number of halogens is 4. The summed E-state index contributed by atoms with van der Waals surface area (Å²) < 4.78 is 39.2. The molecule has 0 aliphatic rings. The lowest BCUT2D eigenvalue weighted by molar-refractivity contribution is -0.274. The van der Waals surface area contributed by atoms with Crippen LogP contribution in [0.2, 0.25) is 5.02 Å². The second-order valence-corrected chi connectivity index (χ2v) is 3.16. The van der Waals surface area contributed by atoms with Crippen molar-refractivity contribution >= 4 is 18.0 Å². The molecule has 1 amide bonds. The van der Waals surface area contributed by atoms with Crippen LogP contribution in [0.25, 0.3) is 0 Å². The third kappa shape index (κ3) is 3.98. The van der Waals surface area contributed by atoms with Crippen molar-refractivity contribution in [2.24, 2.45) is 0 Å². The highest BCUT2D eigenvalue weighted by Crippen LogP contribution is 2.27. The second-order valence-electron chi connectivity index (χ2n) is 2.76.